The molecule has 2 aromatic heterocycles. The number of nitrogens with one attached hydrogen (secondary N) is 2. The van der Waals surface area contributed by atoms with E-state index in [1.807, 2.05) is 30.1 Å². The molecule has 1 aliphatic heterocycles. The molecular formula is C16H14FN5O4S. The molecule has 3 aromatic rings. The Kier molecular flexibility index (Phi) is 3.70. The zero-order valence-corrected chi connectivity index (χ0v) is 14.8. The van der Waals surface area contributed by atoms with Gasteiger partial charge in [-0.15, -0.1) is 0 Å². The van der Waals surface area contributed by atoms with Crippen LogP contribution in [0.3, 0.4) is 0 Å². The van der Waals surface area contributed by atoms with Crippen molar-refractivity contribution in [2.24, 2.45) is 7.05 Å². The van der Waals surface area contributed by atoms with E-state index < -0.39 is 39.9 Å². The smallest absolute Gasteiger partial charge is 0.326 e. The molecule has 9 nitrogen and oxygen atoms in total. The standard InChI is InChI=1S/C16H14FN5O4S/c1-21-5-4-9(7-21)11-6-12(19-18-11)10-2-3-13(23)16(15(10)17)22-8-14(24)20-27(22,25)26/h2-7,23H,8H2,1H3,(H,18,19)(H,20,24). The van der Waals surface area contributed by atoms with E-state index in [0.717, 1.165) is 11.6 Å². The molecule has 1 saturated heterocycles. The minimum atomic E-state index is -4.26. The Morgan fingerprint density at radius 2 is 2.07 bits per heavy atom. The van der Waals surface area contributed by atoms with Gasteiger partial charge in [-0.05, 0) is 24.3 Å². The number of aromatic nitrogens is 3. The monoisotopic (exact) mass is 391 g/mol. The fraction of sp³-hybridized carbons (Fsp3) is 0.125. The maximum absolute atomic E-state index is 15.1. The van der Waals surface area contributed by atoms with Crippen molar-refractivity contribution in [3.63, 3.8) is 0 Å². The average molecular weight is 391 g/mol. The van der Waals surface area contributed by atoms with Crippen molar-refractivity contribution in [1.29, 1.82) is 0 Å². The number of aromatic hydroxyl groups is 1. The lowest BCUT2D eigenvalue weighted by Gasteiger charge is -2.18. The highest BCUT2D eigenvalue weighted by molar-refractivity contribution is 7.92. The number of hydrogen-bond acceptors (Lipinski definition) is 5. The number of benzene rings is 1. The van der Waals surface area contributed by atoms with E-state index in [4.69, 9.17) is 0 Å². The summed E-state index contributed by atoms with van der Waals surface area (Å²) in [4.78, 5) is 11.4. The molecule has 0 atom stereocenters. The fourth-order valence-electron chi connectivity index (χ4n) is 2.91. The van der Waals surface area contributed by atoms with Gasteiger partial charge in [0.2, 0.25) is 0 Å². The number of aryl methyl sites for hydroxylation is 1. The van der Waals surface area contributed by atoms with Crippen molar-refractivity contribution in [1.82, 2.24) is 19.5 Å². The zero-order valence-electron chi connectivity index (χ0n) is 14.0. The van der Waals surface area contributed by atoms with Crippen LogP contribution in [0.15, 0.2) is 36.7 Å². The molecule has 0 bridgehead atoms. The second-order valence-electron chi connectivity index (χ2n) is 6.06. The van der Waals surface area contributed by atoms with Gasteiger partial charge in [-0.25, -0.2) is 13.4 Å². The number of halogens is 1. The van der Waals surface area contributed by atoms with Gasteiger partial charge in [-0.1, -0.05) is 0 Å². The van der Waals surface area contributed by atoms with Gasteiger partial charge in [0.25, 0.3) is 5.91 Å². The number of phenolic OH excluding ortho intramolecular Hbond substituents is 1. The Morgan fingerprint density at radius 3 is 2.70 bits per heavy atom. The topological polar surface area (TPSA) is 120 Å². The van der Waals surface area contributed by atoms with Crippen LogP contribution < -0.4 is 9.03 Å². The molecule has 0 spiro atoms. The molecule has 3 N–H and O–H groups in total. The molecule has 11 heteroatoms. The second-order valence-corrected chi connectivity index (χ2v) is 7.66. The summed E-state index contributed by atoms with van der Waals surface area (Å²) in [5, 5.41) is 16.9. The van der Waals surface area contributed by atoms with E-state index in [9.17, 15) is 18.3 Å². The molecule has 0 aliphatic carbocycles. The zero-order chi connectivity index (χ0) is 19.3. The molecule has 0 radical (unpaired) electrons. The SMILES string of the molecule is Cn1ccc(-c2cc(-c3ccc(O)c(N4CC(=O)NS4(=O)=O)c3F)[nH]n2)c1. The highest BCUT2D eigenvalue weighted by Crippen LogP contribution is 2.38. The number of anilines is 1. The van der Waals surface area contributed by atoms with Crippen LogP contribution in [0.5, 0.6) is 5.75 Å². The van der Waals surface area contributed by atoms with Gasteiger partial charge >= 0.3 is 10.2 Å². The number of rotatable bonds is 3. The van der Waals surface area contributed by atoms with E-state index in [-0.39, 0.29) is 5.56 Å². The maximum atomic E-state index is 15.1. The molecule has 1 aliphatic rings. The Hall–Kier alpha value is -3.34. The fourth-order valence-corrected chi connectivity index (χ4v) is 4.07. The number of carbonyl (C=O) groups is 1. The summed E-state index contributed by atoms with van der Waals surface area (Å²) >= 11 is 0. The molecule has 0 unspecified atom stereocenters. The van der Waals surface area contributed by atoms with Crippen LogP contribution >= 0.6 is 0 Å². The molecule has 4 rings (SSSR count). The van der Waals surface area contributed by atoms with Gasteiger partial charge in [0.15, 0.2) is 5.82 Å². The normalized spacial score (nSPS) is 15.9. The predicted molar refractivity (Wildman–Crippen MR) is 94.5 cm³/mol. The average Bonchev–Trinajstić information content (AvgIpc) is 3.27. The number of carbonyl (C=O) groups excluding carboxylic acids is 1. The van der Waals surface area contributed by atoms with E-state index in [1.165, 1.54) is 6.07 Å². The van der Waals surface area contributed by atoms with E-state index in [2.05, 4.69) is 10.2 Å². The first-order valence-corrected chi connectivity index (χ1v) is 9.23. The first kappa shape index (κ1) is 17.1. The van der Waals surface area contributed by atoms with Crippen molar-refractivity contribution in [3.8, 4) is 28.3 Å². The lowest BCUT2D eigenvalue weighted by Crippen LogP contribution is -2.30. The van der Waals surface area contributed by atoms with Crippen LogP contribution in [0.25, 0.3) is 22.5 Å². The summed E-state index contributed by atoms with van der Waals surface area (Å²) in [6.45, 7) is -0.617. The Balaban J connectivity index is 1.80. The minimum absolute atomic E-state index is 0.00651. The third-order valence-corrected chi connectivity index (χ3v) is 5.54. The van der Waals surface area contributed by atoms with Gasteiger partial charge in [-0.3, -0.25) is 9.89 Å². The van der Waals surface area contributed by atoms with E-state index in [1.54, 1.807) is 10.8 Å². The van der Waals surface area contributed by atoms with E-state index >= 15 is 4.39 Å². The third kappa shape index (κ3) is 2.81. The maximum Gasteiger partial charge on any atom is 0.326 e. The third-order valence-electron chi connectivity index (χ3n) is 4.16. The number of nitrogens with zero attached hydrogens (tertiary/aromatic N) is 3. The van der Waals surface area contributed by atoms with Crippen LogP contribution in [0, 0.1) is 5.82 Å². The number of H-pyrrole nitrogens is 1. The molecule has 1 aromatic carbocycles. The quantitative estimate of drug-likeness (QED) is 0.618. The van der Waals surface area contributed by atoms with Crippen molar-refractivity contribution >= 4 is 21.8 Å². The van der Waals surface area contributed by atoms with Crippen molar-refractivity contribution in [2.45, 2.75) is 0 Å². The molecule has 27 heavy (non-hydrogen) atoms. The summed E-state index contributed by atoms with van der Waals surface area (Å²) in [7, 11) is -2.41. The van der Waals surface area contributed by atoms with Crippen LogP contribution in [0.1, 0.15) is 0 Å². The van der Waals surface area contributed by atoms with Crippen molar-refractivity contribution in [3.05, 3.63) is 42.5 Å². The van der Waals surface area contributed by atoms with E-state index in [0.29, 0.717) is 15.7 Å². The van der Waals surface area contributed by atoms with Gasteiger partial charge < -0.3 is 9.67 Å². The summed E-state index contributed by atoms with van der Waals surface area (Å²) < 4.78 is 43.2. The summed E-state index contributed by atoms with van der Waals surface area (Å²) in [5.41, 5.74) is 1.10. The van der Waals surface area contributed by atoms with Crippen LogP contribution in [0.4, 0.5) is 10.1 Å². The lowest BCUT2D eigenvalue weighted by molar-refractivity contribution is -0.117. The van der Waals surface area contributed by atoms with Crippen molar-refractivity contribution in [2.75, 3.05) is 10.8 Å². The number of phenols is 1. The number of hydrogen-bond donors (Lipinski definition) is 3. The molecular weight excluding hydrogens is 377 g/mol. The highest BCUT2D eigenvalue weighted by Gasteiger charge is 2.38. The molecule has 1 fully saturated rings. The second kappa shape index (κ2) is 5.84. The first-order chi connectivity index (χ1) is 12.8. The number of aromatic amines is 1. The molecule has 0 saturated carbocycles. The van der Waals surface area contributed by atoms with Crippen LogP contribution in [0.2, 0.25) is 0 Å². The first-order valence-electron chi connectivity index (χ1n) is 7.79. The summed E-state index contributed by atoms with van der Waals surface area (Å²) in [6.07, 6.45) is 3.68. The summed E-state index contributed by atoms with van der Waals surface area (Å²) in [6, 6.07) is 5.91. The summed E-state index contributed by atoms with van der Waals surface area (Å²) in [5.74, 6) is -2.40. The van der Waals surface area contributed by atoms with Gasteiger partial charge in [0.1, 0.15) is 18.0 Å². The Morgan fingerprint density at radius 1 is 1.30 bits per heavy atom. The highest BCUT2D eigenvalue weighted by atomic mass is 32.2. The Bertz CT molecular complexity index is 1170. The molecule has 140 valence electrons. The minimum Gasteiger partial charge on any atom is -0.506 e. The number of amides is 1. The molecule has 1 amide bonds. The largest absolute Gasteiger partial charge is 0.506 e. The van der Waals surface area contributed by atoms with Crippen molar-refractivity contribution < 1.29 is 22.7 Å². The van der Waals surface area contributed by atoms with Crippen LogP contribution in [-0.4, -0.2) is 40.7 Å². The Labute approximate surface area is 153 Å². The predicted octanol–water partition coefficient (Wildman–Crippen LogP) is 1.11. The molecule has 3 heterocycles. The van der Waals surface area contributed by atoms with Gasteiger partial charge in [0.05, 0.1) is 11.4 Å². The van der Waals surface area contributed by atoms with Gasteiger partial charge in [0, 0.05) is 30.6 Å². The van der Waals surface area contributed by atoms with Crippen LogP contribution in [-0.2, 0) is 22.1 Å². The van der Waals surface area contributed by atoms with Gasteiger partial charge in [-0.2, -0.15) is 13.5 Å². The lowest BCUT2D eigenvalue weighted by atomic mass is 10.1.